The van der Waals surface area contributed by atoms with Crippen LogP contribution in [0.25, 0.3) is 0 Å². The third-order valence-electron chi connectivity index (χ3n) is 3.32. The molecule has 27 heavy (non-hydrogen) atoms. The Morgan fingerprint density at radius 1 is 1.11 bits per heavy atom. The summed E-state index contributed by atoms with van der Waals surface area (Å²) in [6, 6.07) is 5.78. The van der Waals surface area contributed by atoms with Crippen LogP contribution in [0, 0.1) is 6.92 Å². The maximum absolute atomic E-state index is 12.7. The zero-order chi connectivity index (χ0) is 20.2. The highest BCUT2D eigenvalue weighted by Gasteiger charge is 2.29. The molecule has 2 aromatic rings. The van der Waals surface area contributed by atoms with Crippen LogP contribution in [-0.4, -0.2) is 44.5 Å². The number of hydrogen-bond acceptors (Lipinski definition) is 6. The summed E-state index contributed by atoms with van der Waals surface area (Å²) in [4.78, 5) is 37.2. The summed E-state index contributed by atoms with van der Waals surface area (Å²) >= 11 is 5.84. The summed E-state index contributed by atoms with van der Waals surface area (Å²) < 4.78 is 4.97. The number of anilines is 1. The van der Waals surface area contributed by atoms with E-state index in [1.165, 1.54) is 7.11 Å². The molecule has 0 radical (unpaired) electrons. The van der Waals surface area contributed by atoms with Crippen LogP contribution in [0.2, 0.25) is 5.02 Å². The molecule has 0 bridgehead atoms. The van der Waals surface area contributed by atoms with Crippen LogP contribution in [0.1, 0.15) is 37.0 Å². The van der Waals surface area contributed by atoms with Gasteiger partial charge in [-0.3, -0.25) is 15.5 Å². The summed E-state index contributed by atoms with van der Waals surface area (Å²) in [5.41, 5.74) is 2.23. The van der Waals surface area contributed by atoms with Crippen molar-refractivity contribution in [3.63, 3.8) is 0 Å². The minimum atomic E-state index is -0.724. The molecule has 0 aliphatic carbocycles. The van der Waals surface area contributed by atoms with E-state index in [1.807, 2.05) is 0 Å². The van der Waals surface area contributed by atoms with Crippen molar-refractivity contribution in [3.8, 4) is 6.01 Å². The summed E-state index contributed by atoms with van der Waals surface area (Å²) in [7, 11) is 1.41. The molecule has 0 aliphatic heterocycles. The Morgan fingerprint density at radius 2 is 1.74 bits per heavy atom. The first-order chi connectivity index (χ1) is 12.6. The largest absolute Gasteiger partial charge is 0.467 e. The van der Waals surface area contributed by atoms with Crippen molar-refractivity contribution in [2.24, 2.45) is 0 Å². The van der Waals surface area contributed by atoms with E-state index in [0.717, 1.165) is 5.01 Å². The number of ether oxygens (including phenoxy) is 1. The standard InChI is InChI=1S/C17H21ClN6O3/c1-10-19-14(21-15(20-10)27-5)22-16(26)24(17(2,3)4)23-13(25)11-6-8-12(18)9-7-11/h6-9H,1-5H3,(H,23,25)(H,19,20,21,22,26). The van der Waals surface area contributed by atoms with E-state index in [4.69, 9.17) is 16.3 Å². The molecule has 9 nitrogen and oxygen atoms in total. The third-order valence-corrected chi connectivity index (χ3v) is 3.57. The van der Waals surface area contributed by atoms with Gasteiger partial charge in [0.2, 0.25) is 5.95 Å². The molecule has 2 N–H and O–H groups in total. The predicted octanol–water partition coefficient (Wildman–Crippen LogP) is 2.82. The van der Waals surface area contributed by atoms with E-state index in [-0.39, 0.29) is 12.0 Å². The van der Waals surface area contributed by atoms with E-state index in [2.05, 4.69) is 25.7 Å². The van der Waals surface area contributed by atoms with Crippen LogP contribution in [0.15, 0.2) is 24.3 Å². The number of aryl methyl sites for hydroxylation is 1. The molecule has 0 aliphatic rings. The second-order valence-electron chi connectivity index (χ2n) is 6.58. The van der Waals surface area contributed by atoms with Gasteiger partial charge in [-0.05, 0) is 52.0 Å². The smallest absolute Gasteiger partial charge is 0.343 e. The molecule has 0 fully saturated rings. The highest BCUT2D eigenvalue weighted by Crippen LogP contribution is 2.15. The monoisotopic (exact) mass is 392 g/mol. The number of nitrogens with one attached hydrogen (secondary N) is 2. The highest BCUT2D eigenvalue weighted by atomic mass is 35.5. The Labute approximate surface area is 162 Å². The van der Waals surface area contributed by atoms with Crippen molar-refractivity contribution in [2.75, 3.05) is 12.4 Å². The molecule has 1 heterocycles. The van der Waals surface area contributed by atoms with E-state index in [9.17, 15) is 9.59 Å². The molecule has 0 saturated carbocycles. The molecule has 0 saturated heterocycles. The minimum absolute atomic E-state index is 0.0133. The number of aromatic nitrogens is 3. The topological polar surface area (TPSA) is 109 Å². The molecular formula is C17H21ClN6O3. The Bertz CT molecular complexity index is 836. The van der Waals surface area contributed by atoms with Crippen molar-refractivity contribution in [1.29, 1.82) is 0 Å². The molecular weight excluding hydrogens is 372 g/mol. The summed E-state index contributed by atoms with van der Waals surface area (Å²) in [5, 5.41) is 4.21. The molecule has 0 atom stereocenters. The number of hydrazine groups is 1. The molecule has 10 heteroatoms. The number of rotatable bonds is 3. The number of methoxy groups -OCH3 is 1. The van der Waals surface area contributed by atoms with Crippen LogP contribution >= 0.6 is 11.6 Å². The fourth-order valence-electron chi connectivity index (χ4n) is 2.05. The van der Waals surface area contributed by atoms with Crippen molar-refractivity contribution < 1.29 is 14.3 Å². The Balaban J connectivity index is 2.20. The van der Waals surface area contributed by atoms with E-state index >= 15 is 0 Å². The quantitative estimate of drug-likeness (QED) is 0.777. The number of hydrogen-bond donors (Lipinski definition) is 2. The van der Waals surface area contributed by atoms with Crippen molar-refractivity contribution >= 4 is 29.5 Å². The number of carbonyl (C=O) groups is 2. The Kier molecular flexibility index (Phi) is 6.17. The van der Waals surface area contributed by atoms with Gasteiger partial charge in [0.1, 0.15) is 5.82 Å². The van der Waals surface area contributed by atoms with Gasteiger partial charge in [-0.15, -0.1) is 0 Å². The molecule has 0 spiro atoms. The van der Waals surface area contributed by atoms with Crippen LogP contribution < -0.4 is 15.5 Å². The van der Waals surface area contributed by atoms with Gasteiger partial charge in [0, 0.05) is 10.6 Å². The number of urea groups is 1. The number of amides is 3. The second-order valence-corrected chi connectivity index (χ2v) is 7.01. The molecule has 0 unspecified atom stereocenters. The fourth-order valence-corrected chi connectivity index (χ4v) is 2.17. The zero-order valence-corrected chi connectivity index (χ0v) is 16.5. The second kappa shape index (κ2) is 8.17. The minimum Gasteiger partial charge on any atom is -0.467 e. The fraction of sp³-hybridized carbons (Fsp3) is 0.353. The van der Waals surface area contributed by atoms with Gasteiger partial charge in [0.25, 0.3) is 5.91 Å². The average molecular weight is 393 g/mol. The number of nitrogens with zero attached hydrogens (tertiary/aromatic N) is 4. The van der Waals surface area contributed by atoms with Gasteiger partial charge >= 0.3 is 12.0 Å². The van der Waals surface area contributed by atoms with Crippen LogP contribution in [0.4, 0.5) is 10.7 Å². The average Bonchev–Trinajstić information content (AvgIpc) is 2.58. The van der Waals surface area contributed by atoms with Gasteiger partial charge in [-0.2, -0.15) is 15.0 Å². The van der Waals surface area contributed by atoms with Gasteiger partial charge < -0.3 is 4.74 Å². The summed E-state index contributed by atoms with van der Waals surface area (Å²) in [6.07, 6.45) is 0. The van der Waals surface area contributed by atoms with E-state index in [0.29, 0.717) is 16.4 Å². The Hall–Kier alpha value is -2.94. The van der Waals surface area contributed by atoms with Crippen molar-refractivity contribution in [1.82, 2.24) is 25.4 Å². The first-order valence-electron chi connectivity index (χ1n) is 8.04. The van der Waals surface area contributed by atoms with Gasteiger partial charge in [0.15, 0.2) is 0 Å². The SMILES string of the molecule is COc1nc(C)nc(NC(=O)N(NC(=O)c2ccc(Cl)cc2)C(C)(C)C)n1. The lowest BCUT2D eigenvalue weighted by atomic mass is 10.1. The number of halogens is 1. The lowest BCUT2D eigenvalue weighted by Crippen LogP contribution is -2.57. The molecule has 2 rings (SSSR count). The normalized spacial score (nSPS) is 10.9. The van der Waals surface area contributed by atoms with Crippen molar-refractivity contribution in [2.45, 2.75) is 33.2 Å². The number of carbonyl (C=O) groups excluding carboxylic acids is 2. The van der Waals surface area contributed by atoms with E-state index in [1.54, 1.807) is 52.0 Å². The Morgan fingerprint density at radius 3 is 2.30 bits per heavy atom. The molecule has 1 aromatic carbocycles. The maximum atomic E-state index is 12.7. The van der Waals surface area contributed by atoms with E-state index < -0.39 is 17.5 Å². The summed E-state index contributed by atoms with van der Waals surface area (Å²) in [6.45, 7) is 6.96. The summed E-state index contributed by atoms with van der Waals surface area (Å²) in [5.74, 6) is -0.0647. The van der Waals surface area contributed by atoms with Crippen molar-refractivity contribution in [3.05, 3.63) is 40.7 Å². The number of benzene rings is 1. The van der Waals surface area contributed by atoms with Gasteiger partial charge in [-0.25, -0.2) is 9.80 Å². The lowest BCUT2D eigenvalue weighted by Gasteiger charge is -2.35. The van der Waals surface area contributed by atoms with Crippen LogP contribution in [0.3, 0.4) is 0 Å². The lowest BCUT2D eigenvalue weighted by molar-refractivity contribution is 0.0686. The third kappa shape index (κ3) is 5.52. The zero-order valence-electron chi connectivity index (χ0n) is 15.7. The highest BCUT2D eigenvalue weighted by molar-refractivity contribution is 6.30. The maximum Gasteiger partial charge on any atom is 0.343 e. The molecule has 1 aromatic heterocycles. The van der Waals surface area contributed by atoms with Gasteiger partial charge in [0.05, 0.1) is 12.6 Å². The first kappa shape index (κ1) is 20.4. The van der Waals surface area contributed by atoms with Crippen LogP contribution in [0.5, 0.6) is 6.01 Å². The van der Waals surface area contributed by atoms with Crippen LogP contribution in [-0.2, 0) is 0 Å². The molecule has 144 valence electrons. The van der Waals surface area contributed by atoms with Gasteiger partial charge in [-0.1, -0.05) is 11.6 Å². The predicted molar refractivity (Wildman–Crippen MR) is 101 cm³/mol. The first-order valence-corrected chi connectivity index (χ1v) is 8.42. The molecule has 3 amide bonds.